The van der Waals surface area contributed by atoms with Gasteiger partial charge in [0.15, 0.2) is 11.6 Å². The van der Waals surface area contributed by atoms with Gasteiger partial charge in [-0.05, 0) is 79.5 Å². The second-order valence-electron chi connectivity index (χ2n) is 13.6. The van der Waals surface area contributed by atoms with Crippen LogP contribution < -0.4 is 4.90 Å². The fraction of sp³-hybridized carbons (Fsp3) is 0.0208. The highest BCUT2D eigenvalue weighted by atomic mass is 32.1. The van der Waals surface area contributed by atoms with E-state index < -0.39 is 5.41 Å². The Hall–Kier alpha value is -6.47. The van der Waals surface area contributed by atoms with E-state index in [0.717, 1.165) is 33.6 Å². The summed E-state index contributed by atoms with van der Waals surface area (Å²) in [6, 6.07) is 60.2. The van der Waals surface area contributed by atoms with Crippen LogP contribution in [0, 0.1) is 0 Å². The molecule has 0 amide bonds. The maximum Gasteiger partial charge on any atom is 0.238 e. The van der Waals surface area contributed by atoms with Crippen LogP contribution in [0.2, 0.25) is 0 Å². The summed E-state index contributed by atoms with van der Waals surface area (Å²) in [6.07, 6.45) is 0. The van der Waals surface area contributed by atoms with Crippen molar-refractivity contribution in [3.63, 3.8) is 0 Å². The molecule has 0 radical (unpaired) electrons. The molecule has 0 N–H and O–H groups in total. The minimum atomic E-state index is -0.437. The summed E-state index contributed by atoms with van der Waals surface area (Å²) in [5.74, 6) is 1.83. The van der Waals surface area contributed by atoms with Gasteiger partial charge in [-0.2, -0.15) is 9.97 Å². The highest BCUT2D eigenvalue weighted by Gasteiger charge is 2.53. The maximum absolute atomic E-state index is 5.31. The molecule has 11 rings (SSSR count). The van der Waals surface area contributed by atoms with E-state index in [2.05, 4.69) is 173 Å². The Kier molecular flexibility index (Phi) is 7.09. The van der Waals surface area contributed by atoms with Crippen LogP contribution in [-0.2, 0) is 5.41 Å². The van der Waals surface area contributed by atoms with Crippen molar-refractivity contribution in [3.05, 3.63) is 203 Å². The van der Waals surface area contributed by atoms with E-state index in [1.165, 1.54) is 43.1 Å². The zero-order valence-corrected chi connectivity index (χ0v) is 30.6. The SMILES string of the molecule is c1ccc(-c2ccc(-c3nc(-c4ccc(-c5ccccc5)cc4)nc(N4c5ccccc5C5(c6ccccc64)c4ccsc4-c4sccc45)n3)cc2)cc1. The van der Waals surface area contributed by atoms with Crippen LogP contribution in [0.15, 0.2) is 181 Å². The van der Waals surface area contributed by atoms with E-state index in [1.807, 2.05) is 34.8 Å². The summed E-state index contributed by atoms with van der Waals surface area (Å²) in [4.78, 5) is 20.7. The third-order valence-electron chi connectivity index (χ3n) is 10.8. The molecule has 4 heterocycles. The summed E-state index contributed by atoms with van der Waals surface area (Å²) in [7, 11) is 0. The molecule has 9 aromatic rings. The molecule has 2 aliphatic rings. The molecule has 0 unspecified atom stereocenters. The highest BCUT2D eigenvalue weighted by molar-refractivity contribution is 7.21. The molecule has 0 saturated heterocycles. The molecule has 4 nitrogen and oxygen atoms in total. The van der Waals surface area contributed by atoms with Crippen LogP contribution in [0.1, 0.15) is 22.3 Å². The van der Waals surface area contributed by atoms with Crippen molar-refractivity contribution < 1.29 is 0 Å². The Morgan fingerprint density at radius 3 is 1.20 bits per heavy atom. The number of rotatable bonds is 5. The van der Waals surface area contributed by atoms with Gasteiger partial charge in [0.05, 0.1) is 16.8 Å². The fourth-order valence-corrected chi connectivity index (χ4v) is 10.5. The largest absolute Gasteiger partial charge is 0.278 e. The van der Waals surface area contributed by atoms with Crippen LogP contribution in [0.4, 0.5) is 17.3 Å². The van der Waals surface area contributed by atoms with Gasteiger partial charge in [-0.15, -0.1) is 22.7 Å². The van der Waals surface area contributed by atoms with Crippen molar-refractivity contribution in [2.24, 2.45) is 0 Å². The molecule has 6 aromatic carbocycles. The lowest BCUT2D eigenvalue weighted by Crippen LogP contribution is -2.36. The number of fused-ring (bicyclic) bond motifs is 9. The zero-order chi connectivity index (χ0) is 35.6. The summed E-state index contributed by atoms with van der Waals surface area (Å²) < 4.78 is 0. The van der Waals surface area contributed by atoms with E-state index in [1.54, 1.807) is 0 Å². The fourth-order valence-electron chi connectivity index (χ4n) is 8.36. The lowest BCUT2D eigenvalue weighted by atomic mass is 9.65. The van der Waals surface area contributed by atoms with Gasteiger partial charge in [0, 0.05) is 20.9 Å². The van der Waals surface area contributed by atoms with Gasteiger partial charge >= 0.3 is 0 Å². The molecule has 1 aliphatic heterocycles. The second kappa shape index (κ2) is 12.3. The molecule has 0 atom stereocenters. The minimum absolute atomic E-state index is 0.437. The Bertz CT molecular complexity index is 2630. The van der Waals surface area contributed by atoms with Crippen molar-refractivity contribution in [3.8, 4) is 54.8 Å². The molecular formula is C48H30N4S2. The molecular weight excluding hydrogens is 697 g/mol. The molecule has 0 fully saturated rings. The van der Waals surface area contributed by atoms with E-state index in [4.69, 9.17) is 15.0 Å². The van der Waals surface area contributed by atoms with Gasteiger partial charge in [0.1, 0.15) is 0 Å². The van der Waals surface area contributed by atoms with Gasteiger partial charge in [0.2, 0.25) is 5.95 Å². The number of thiophene rings is 2. The number of nitrogens with zero attached hydrogens (tertiary/aromatic N) is 4. The minimum Gasteiger partial charge on any atom is -0.278 e. The normalized spacial score (nSPS) is 13.3. The predicted molar refractivity (Wildman–Crippen MR) is 223 cm³/mol. The maximum atomic E-state index is 5.31. The second-order valence-corrected chi connectivity index (χ2v) is 15.4. The smallest absolute Gasteiger partial charge is 0.238 e. The van der Waals surface area contributed by atoms with Crippen molar-refractivity contribution >= 4 is 40.0 Å². The number of hydrogen-bond donors (Lipinski definition) is 0. The van der Waals surface area contributed by atoms with Crippen molar-refractivity contribution in [1.29, 1.82) is 0 Å². The van der Waals surface area contributed by atoms with Crippen molar-refractivity contribution in [1.82, 2.24) is 15.0 Å². The van der Waals surface area contributed by atoms with Crippen LogP contribution in [-0.4, -0.2) is 15.0 Å². The monoisotopic (exact) mass is 726 g/mol. The van der Waals surface area contributed by atoms with E-state index >= 15 is 0 Å². The van der Waals surface area contributed by atoms with Crippen molar-refractivity contribution in [2.45, 2.75) is 5.41 Å². The zero-order valence-electron chi connectivity index (χ0n) is 28.9. The molecule has 1 aliphatic carbocycles. The van der Waals surface area contributed by atoms with Crippen LogP contribution in [0.25, 0.3) is 54.8 Å². The summed E-state index contributed by atoms with van der Waals surface area (Å²) in [5, 5.41) is 4.48. The van der Waals surface area contributed by atoms with Crippen LogP contribution >= 0.6 is 22.7 Å². The van der Waals surface area contributed by atoms with E-state index in [-0.39, 0.29) is 0 Å². The average Bonchev–Trinajstić information content (AvgIpc) is 3.99. The standard InChI is InChI=1S/C48H30N4S2/c1-3-11-31(12-4-1)33-19-23-35(24-20-33)45-49-46(36-25-21-34(22-26-36)32-13-5-2-6-14-32)51-47(50-45)52-41-17-9-7-15-37(41)48(38-16-8-10-18-42(38)52)39-27-29-53-43(39)44-40(48)28-30-54-44/h1-30H. The lowest BCUT2D eigenvalue weighted by Gasteiger charge is -2.43. The predicted octanol–water partition coefficient (Wildman–Crippen LogP) is 12.8. The third kappa shape index (κ3) is 4.64. The molecule has 6 heteroatoms. The summed E-state index contributed by atoms with van der Waals surface area (Å²) in [5.41, 5.74) is 13.3. The lowest BCUT2D eigenvalue weighted by molar-refractivity contribution is 0.752. The number of benzene rings is 6. The third-order valence-corrected chi connectivity index (χ3v) is 12.8. The van der Waals surface area contributed by atoms with E-state index in [0.29, 0.717) is 17.6 Å². The molecule has 54 heavy (non-hydrogen) atoms. The van der Waals surface area contributed by atoms with Crippen molar-refractivity contribution in [2.75, 3.05) is 4.90 Å². The Labute approximate surface area is 321 Å². The number of para-hydroxylation sites is 2. The first-order valence-electron chi connectivity index (χ1n) is 18.0. The van der Waals surface area contributed by atoms with Gasteiger partial charge in [-0.3, -0.25) is 4.90 Å². The first kappa shape index (κ1) is 31.1. The number of aromatic nitrogens is 3. The number of hydrogen-bond acceptors (Lipinski definition) is 6. The molecule has 1 spiro atoms. The van der Waals surface area contributed by atoms with Gasteiger partial charge in [0.25, 0.3) is 0 Å². The van der Waals surface area contributed by atoms with Gasteiger partial charge in [-0.25, -0.2) is 4.98 Å². The molecule has 254 valence electrons. The molecule has 0 saturated carbocycles. The number of anilines is 3. The Balaban J connectivity index is 1.12. The average molecular weight is 727 g/mol. The van der Waals surface area contributed by atoms with Gasteiger partial charge < -0.3 is 0 Å². The first-order chi connectivity index (χ1) is 26.8. The Morgan fingerprint density at radius 2 is 0.741 bits per heavy atom. The highest BCUT2D eigenvalue weighted by Crippen LogP contribution is 2.65. The molecule has 0 bridgehead atoms. The summed E-state index contributed by atoms with van der Waals surface area (Å²) >= 11 is 3.67. The van der Waals surface area contributed by atoms with E-state index in [9.17, 15) is 0 Å². The quantitative estimate of drug-likeness (QED) is 0.177. The van der Waals surface area contributed by atoms with Crippen LogP contribution in [0.3, 0.4) is 0 Å². The molecule has 3 aromatic heterocycles. The van der Waals surface area contributed by atoms with Crippen LogP contribution in [0.5, 0.6) is 0 Å². The summed E-state index contributed by atoms with van der Waals surface area (Å²) in [6.45, 7) is 0. The topological polar surface area (TPSA) is 41.9 Å². The first-order valence-corrected chi connectivity index (χ1v) is 19.8. The van der Waals surface area contributed by atoms with Gasteiger partial charge in [-0.1, -0.05) is 146 Å². The Morgan fingerprint density at radius 1 is 0.352 bits per heavy atom.